The molecule has 1 heterocycles. The molecule has 0 saturated carbocycles. The second kappa shape index (κ2) is 5.65. The van der Waals surface area contributed by atoms with Crippen molar-refractivity contribution in [1.29, 1.82) is 0 Å². The van der Waals surface area contributed by atoms with Gasteiger partial charge < -0.3 is 16.2 Å². The molecule has 0 bridgehead atoms. The molecular formula is C11H20N4O. The van der Waals surface area contributed by atoms with Crippen LogP contribution in [0.15, 0.2) is 6.20 Å². The molecule has 0 spiro atoms. The Morgan fingerprint density at radius 2 is 2.19 bits per heavy atom. The molecule has 1 aromatic rings. The summed E-state index contributed by atoms with van der Waals surface area (Å²) in [6, 6.07) is 0.193. The van der Waals surface area contributed by atoms with Crippen molar-refractivity contribution in [3.63, 3.8) is 0 Å². The Balaban J connectivity index is 2.80. The molecule has 0 saturated heterocycles. The minimum absolute atomic E-state index is 0.162. The van der Waals surface area contributed by atoms with E-state index in [-0.39, 0.29) is 18.6 Å². The summed E-state index contributed by atoms with van der Waals surface area (Å²) in [7, 11) is 0. The normalized spacial score (nSPS) is 12.8. The fraction of sp³-hybridized carbons (Fsp3) is 0.636. The summed E-state index contributed by atoms with van der Waals surface area (Å²) in [5, 5.41) is 12.3. The number of aryl methyl sites for hydroxylation is 1. The van der Waals surface area contributed by atoms with Gasteiger partial charge in [-0.2, -0.15) is 4.98 Å². The molecule has 0 amide bonds. The Morgan fingerprint density at radius 3 is 2.75 bits per heavy atom. The van der Waals surface area contributed by atoms with Crippen LogP contribution in [0.5, 0.6) is 0 Å². The SMILES string of the molecule is Cc1cnc(N)nc1NC(CCO)C(C)C. The van der Waals surface area contributed by atoms with Gasteiger partial charge in [0, 0.05) is 24.4 Å². The highest BCUT2D eigenvalue weighted by molar-refractivity contribution is 5.45. The summed E-state index contributed by atoms with van der Waals surface area (Å²) in [5.74, 6) is 1.43. The minimum atomic E-state index is 0.162. The molecule has 16 heavy (non-hydrogen) atoms. The quantitative estimate of drug-likeness (QED) is 0.699. The molecule has 4 N–H and O–H groups in total. The van der Waals surface area contributed by atoms with Crippen LogP contribution in [0.4, 0.5) is 11.8 Å². The number of hydrogen-bond acceptors (Lipinski definition) is 5. The summed E-state index contributed by atoms with van der Waals surface area (Å²) in [6.07, 6.45) is 2.39. The number of nitrogens with two attached hydrogens (primary N) is 1. The molecule has 1 rings (SSSR count). The zero-order valence-electron chi connectivity index (χ0n) is 10.1. The van der Waals surface area contributed by atoms with Crippen LogP contribution < -0.4 is 11.1 Å². The van der Waals surface area contributed by atoms with Gasteiger partial charge in [0.1, 0.15) is 5.82 Å². The van der Waals surface area contributed by atoms with Crippen LogP contribution in [-0.4, -0.2) is 27.7 Å². The average molecular weight is 224 g/mol. The molecule has 0 aliphatic carbocycles. The molecule has 1 aromatic heterocycles. The Bertz CT molecular complexity index is 341. The predicted molar refractivity (Wildman–Crippen MR) is 65.1 cm³/mol. The van der Waals surface area contributed by atoms with Crippen LogP contribution in [0.2, 0.25) is 0 Å². The van der Waals surface area contributed by atoms with E-state index in [2.05, 4.69) is 29.1 Å². The van der Waals surface area contributed by atoms with Gasteiger partial charge >= 0.3 is 0 Å². The van der Waals surface area contributed by atoms with Crippen molar-refractivity contribution >= 4 is 11.8 Å². The third-order valence-electron chi connectivity index (χ3n) is 2.56. The van der Waals surface area contributed by atoms with E-state index in [1.807, 2.05) is 6.92 Å². The lowest BCUT2D eigenvalue weighted by atomic mass is 10.0. The van der Waals surface area contributed by atoms with Crippen LogP contribution in [-0.2, 0) is 0 Å². The molecular weight excluding hydrogens is 204 g/mol. The van der Waals surface area contributed by atoms with Gasteiger partial charge in [-0.25, -0.2) is 4.98 Å². The van der Waals surface area contributed by atoms with Gasteiger partial charge in [-0.3, -0.25) is 0 Å². The van der Waals surface area contributed by atoms with Crippen molar-refractivity contribution in [3.05, 3.63) is 11.8 Å². The molecule has 90 valence electrons. The third-order valence-corrected chi connectivity index (χ3v) is 2.56. The van der Waals surface area contributed by atoms with E-state index in [9.17, 15) is 0 Å². The molecule has 0 radical (unpaired) electrons. The number of aliphatic hydroxyl groups is 1. The maximum Gasteiger partial charge on any atom is 0.221 e. The number of anilines is 2. The van der Waals surface area contributed by atoms with E-state index in [1.165, 1.54) is 0 Å². The first-order chi connectivity index (χ1) is 7.54. The lowest BCUT2D eigenvalue weighted by molar-refractivity contribution is 0.267. The van der Waals surface area contributed by atoms with E-state index in [0.717, 1.165) is 11.4 Å². The largest absolute Gasteiger partial charge is 0.396 e. The van der Waals surface area contributed by atoms with Crippen molar-refractivity contribution in [1.82, 2.24) is 9.97 Å². The number of nitrogens with zero attached hydrogens (tertiary/aromatic N) is 2. The van der Waals surface area contributed by atoms with Crippen LogP contribution >= 0.6 is 0 Å². The molecule has 1 atom stereocenters. The van der Waals surface area contributed by atoms with Gasteiger partial charge in [0.15, 0.2) is 0 Å². The molecule has 0 aliphatic rings. The average Bonchev–Trinajstić information content (AvgIpc) is 2.22. The number of aliphatic hydroxyl groups excluding tert-OH is 1. The second-order valence-electron chi connectivity index (χ2n) is 4.27. The maximum absolute atomic E-state index is 8.99. The van der Waals surface area contributed by atoms with Gasteiger partial charge in [0.2, 0.25) is 5.95 Å². The van der Waals surface area contributed by atoms with Crippen molar-refractivity contribution in [2.75, 3.05) is 17.7 Å². The van der Waals surface area contributed by atoms with Crippen molar-refractivity contribution in [2.45, 2.75) is 33.2 Å². The number of nitrogen functional groups attached to an aromatic ring is 1. The van der Waals surface area contributed by atoms with E-state index in [1.54, 1.807) is 6.20 Å². The van der Waals surface area contributed by atoms with Crippen molar-refractivity contribution in [2.24, 2.45) is 5.92 Å². The van der Waals surface area contributed by atoms with Crippen LogP contribution in [0, 0.1) is 12.8 Å². The highest BCUT2D eigenvalue weighted by Crippen LogP contribution is 2.16. The number of hydrogen-bond donors (Lipinski definition) is 3. The number of rotatable bonds is 5. The molecule has 0 aliphatic heterocycles. The van der Waals surface area contributed by atoms with Crippen molar-refractivity contribution in [3.8, 4) is 0 Å². The maximum atomic E-state index is 8.99. The standard InChI is InChI=1S/C11H20N4O/c1-7(2)9(4-5-16)14-10-8(3)6-13-11(12)15-10/h6-7,9,16H,4-5H2,1-3H3,(H3,12,13,14,15). The molecule has 5 heteroatoms. The van der Waals surface area contributed by atoms with Gasteiger partial charge in [0.05, 0.1) is 0 Å². The number of aromatic nitrogens is 2. The van der Waals surface area contributed by atoms with Gasteiger partial charge in [-0.15, -0.1) is 0 Å². The Morgan fingerprint density at radius 1 is 1.50 bits per heavy atom. The highest BCUT2D eigenvalue weighted by Gasteiger charge is 2.14. The fourth-order valence-corrected chi connectivity index (χ4v) is 1.49. The van der Waals surface area contributed by atoms with Gasteiger partial charge in [-0.05, 0) is 19.3 Å². The zero-order valence-corrected chi connectivity index (χ0v) is 10.1. The highest BCUT2D eigenvalue weighted by atomic mass is 16.3. The lowest BCUT2D eigenvalue weighted by Crippen LogP contribution is -2.27. The van der Waals surface area contributed by atoms with E-state index in [4.69, 9.17) is 10.8 Å². The van der Waals surface area contributed by atoms with Crippen LogP contribution in [0.1, 0.15) is 25.8 Å². The van der Waals surface area contributed by atoms with Gasteiger partial charge in [-0.1, -0.05) is 13.8 Å². The monoisotopic (exact) mass is 224 g/mol. The molecule has 5 nitrogen and oxygen atoms in total. The fourth-order valence-electron chi connectivity index (χ4n) is 1.49. The van der Waals surface area contributed by atoms with E-state index < -0.39 is 0 Å². The first kappa shape index (κ1) is 12.7. The topological polar surface area (TPSA) is 84.1 Å². The second-order valence-corrected chi connectivity index (χ2v) is 4.27. The van der Waals surface area contributed by atoms with E-state index in [0.29, 0.717) is 12.3 Å². The third kappa shape index (κ3) is 3.34. The summed E-state index contributed by atoms with van der Waals surface area (Å²) in [5.41, 5.74) is 6.50. The zero-order chi connectivity index (χ0) is 12.1. The van der Waals surface area contributed by atoms with Gasteiger partial charge in [0.25, 0.3) is 0 Å². The minimum Gasteiger partial charge on any atom is -0.396 e. The van der Waals surface area contributed by atoms with Crippen LogP contribution in [0.3, 0.4) is 0 Å². The molecule has 0 aromatic carbocycles. The van der Waals surface area contributed by atoms with Crippen molar-refractivity contribution < 1.29 is 5.11 Å². The summed E-state index contributed by atoms with van der Waals surface area (Å²) < 4.78 is 0. The number of nitrogens with one attached hydrogen (secondary N) is 1. The van der Waals surface area contributed by atoms with E-state index >= 15 is 0 Å². The Hall–Kier alpha value is -1.36. The Kier molecular flexibility index (Phi) is 4.49. The summed E-state index contributed by atoms with van der Waals surface area (Å²) >= 11 is 0. The smallest absolute Gasteiger partial charge is 0.221 e. The summed E-state index contributed by atoms with van der Waals surface area (Å²) in [6.45, 7) is 6.30. The van der Waals surface area contributed by atoms with Crippen LogP contribution in [0.25, 0.3) is 0 Å². The Labute approximate surface area is 96.1 Å². The molecule has 0 fully saturated rings. The lowest BCUT2D eigenvalue weighted by Gasteiger charge is -2.22. The molecule has 1 unspecified atom stereocenters. The summed E-state index contributed by atoms with van der Waals surface area (Å²) in [4.78, 5) is 8.07. The predicted octanol–water partition coefficient (Wildman–Crippen LogP) is 1.19. The first-order valence-electron chi connectivity index (χ1n) is 5.51. The first-order valence-corrected chi connectivity index (χ1v) is 5.51.